The number of rotatable bonds is 3. The lowest BCUT2D eigenvalue weighted by Gasteiger charge is -2.07. The Morgan fingerprint density at radius 3 is 2.91 bits per heavy atom. The summed E-state index contributed by atoms with van der Waals surface area (Å²) in [6.07, 6.45) is 3.68. The van der Waals surface area contributed by atoms with Crippen LogP contribution >= 0.6 is 12.2 Å². The number of hydrogen-bond acceptors (Lipinski definition) is 2. The van der Waals surface area contributed by atoms with Crippen molar-refractivity contribution >= 4 is 40.1 Å². The van der Waals surface area contributed by atoms with Gasteiger partial charge in [0.05, 0.1) is 6.21 Å². The molecule has 0 atom stereocenters. The number of aromatic amines is 1. The zero-order chi connectivity index (χ0) is 15.4. The molecule has 3 aromatic rings. The maximum absolute atomic E-state index is 5.23. The van der Waals surface area contributed by atoms with Crippen molar-refractivity contribution in [1.82, 2.24) is 10.4 Å². The number of nitrogens with one attached hydrogen (secondary N) is 3. The molecule has 3 rings (SSSR count). The van der Waals surface area contributed by atoms with E-state index in [0.717, 1.165) is 22.2 Å². The number of hydrogen-bond donors (Lipinski definition) is 3. The predicted octanol–water partition coefficient (Wildman–Crippen LogP) is 3.80. The molecule has 0 saturated heterocycles. The monoisotopic (exact) mass is 308 g/mol. The van der Waals surface area contributed by atoms with E-state index in [0.29, 0.717) is 5.11 Å². The average molecular weight is 308 g/mol. The lowest BCUT2D eigenvalue weighted by atomic mass is 10.2. The van der Waals surface area contributed by atoms with Gasteiger partial charge in [0.15, 0.2) is 5.11 Å². The number of aryl methyl sites for hydroxylation is 1. The van der Waals surface area contributed by atoms with Crippen LogP contribution in [0.4, 0.5) is 5.69 Å². The number of H-pyrrole nitrogens is 1. The van der Waals surface area contributed by atoms with E-state index in [-0.39, 0.29) is 0 Å². The van der Waals surface area contributed by atoms with Gasteiger partial charge in [0, 0.05) is 28.4 Å². The van der Waals surface area contributed by atoms with E-state index in [9.17, 15) is 0 Å². The zero-order valence-corrected chi connectivity index (χ0v) is 12.9. The number of para-hydroxylation sites is 1. The molecule has 3 N–H and O–H groups in total. The van der Waals surface area contributed by atoms with Gasteiger partial charge >= 0.3 is 0 Å². The maximum Gasteiger partial charge on any atom is 0.191 e. The van der Waals surface area contributed by atoms with Crippen molar-refractivity contribution in [3.63, 3.8) is 0 Å². The number of aromatic nitrogens is 1. The molecule has 5 heteroatoms. The number of thiocarbonyl (C=S) groups is 1. The van der Waals surface area contributed by atoms with Crippen molar-refractivity contribution in [2.24, 2.45) is 5.10 Å². The fourth-order valence-corrected chi connectivity index (χ4v) is 2.41. The van der Waals surface area contributed by atoms with Crippen LogP contribution in [0.1, 0.15) is 11.1 Å². The molecule has 0 amide bonds. The second-order valence-electron chi connectivity index (χ2n) is 4.98. The molecule has 1 heterocycles. The van der Waals surface area contributed by atoms with Crippen molar-refractivity contribution in [3.8, 4) is 0 Å². The standard InChI is InChI=1S/C17H16N4S/c1-12-5-4-6-14(9-12)20-17(22)21-19-11-13-10-18-16-8-3-2-7-15(13)16/h2-11,18H,1H3,(H2,20,21,22). The summed E-state index contributed by atoms with van der Waals surface area (Å²) in [4.78, 5) is 3.20. The minimum absolute atomic E-state index is 0.460. The van der Waals surface area contributed by atoms with Crippen molar-refractivity contribution in [2.45, 2.75) is 6.92 Å². The molecule has 0 fully saturated rings. The molecule has 2 aromatic carbocycles. The van der Waals surface area contributed by atoms with E-state index in [1.54, 1.807) is 6.21 Å². The molecule has 0 radical (unpaired) electrons. The van der Waals surface area contributed by atoms with Crippen LogP contribution in [0.5, 0.6) is 0 Å². The van der Waals surface area contributed by atoms with Crippen LogP contribution in [0.15, 0.2) is 59.8 Å². The second kappa shape index (κ2) is 6.41. The fourth-order valence-electron chi connectivity index (χ4n) is 2.24. The highest BCUT2D eigenvalue weighted by atomic mass is 32.1. The Morgan fingerprint density at radius 2 is 2.05 bits per heavy atom. The van der Waals surface area contributed by atoms with Crippen LogP contribution in [0.2, 0.25) is 0 Å². The number of anilines is 1. The van der Waals surface area contributed by atoms with Gasteiger partial charge in [-0.05, 0) is 42.9 Å². The normalized spacial score (nSPS) is 11.0. The van der Waals surface area contributed by atoms with Gasteiger partial charge in [-0.3, -0.25) is 5.43 Å². The summed E-state index contributed by atoms with van der Waals surface area (Å²) >= 11 is 5.23. The minimum atomic E-state index is 0.460. The zero-order valence-electron chi connectivity index (χ0n) is 12.1. The van der Waals surface area contributed by atoms with E-state index in [1.165, 1.54) is 5.56 Å². The molecule has 0 saturated carbocycles. The van der Waals surface area contributed by atoms with Crippen LogP contribution < -0.4 is 10.7 Å². The number of fused-ring (bicyclic) bond motifs is 1. The SMILES string of the molecule is Cc1cccc(NC(=S)NN=Cc2c[nH]c3ccccc23)c1. The second-order valence-corrected chi connectivity index (χ2v) is 5.39. The summed E-state index contributed by atoms with van der Waals surface area (Å²) in [6.45, 7) is 2.04. The smallest absolute Gasteiger partial charge is 0.191 e. The largest absolute Gasteiger partial charge is 0.361 e. The van der Waals surface area contributed by atoms with E-state index in [1.807, 2.05) is 55.6 Å². The van der Waals surface area contributed by atoms with Gasteiger partial charge in [-0.25, -0.2) is 0 Å². The van der Waals surface area contributed by atoms with Gasteiger partial charge in [-0.15, -0.1) is 0 Å². The van der Waals surface area contributed by atoms with Gasteiger partial charge in [0.25, 0.3) is 0 Å². The van der Waals surface area contributed by atoms with Crippen molar-refractivity contribution < 1.29 is 0 Å². The average Bonchev–Trinajstić information content (AvgIpc) is 2.91. The summed E-state index contributed by atoms with van der Waals surface area (Å²) < 4.78 is 0. The van der Waals surface area contributed by atoms with Gasteiger partial charge in [-0.1, -0.05) is 30.3 Å². The van der Waals surface area contributed by atoms with Crippen LogP contribution in [0.3, 0.4) is 0 Å². The first kappa shape index (κ1) is 14.3. The third-order valence-electron chi connectivity index (χ3n) is 3.27. The van der Waals surface area contributed by atoms with E-state index < -0.39 is 0 Å². The van der Waals surface area contributed by atoms with Crippen LogP contribution in [-0.4, -0.2) is 16.3 Å². The molecule has 0 unspecified atom stereocenters. The third kappa shape index (κ3) is 3.32. The molecule has 0 spiro atoms. The molecule has 0 aliphatic heterocycles. The third-order valence-corrected chi connectivity index (χ3v) is 3.46. The highest BCUT2D eigenvalue weighted by Crippen LogP contribution is 2.15. The summed E-state index contributed by atoms with van der Waals surface area (Å²) in [6, 6.07) is 16.1. The van der Waals surface area contributed by atoms with Crippen LogP contribution in [0, 0.1) is 6.92 Å². The summed E-state index contributed by atoms with van der Waals surface area (Å²) in [5.41, 5.74) is 7.05. The molecule has 1 aromatic heterocycles. The van der Waals surface area contributed by atoms with Crippen LogP contribution in [-0.2, 0) is 0 Å². The van der Waals surface area contributed by atoms with E-state index in [2.05, 4.69) is 26.9 Å². The molecule has 110 valence electrons. The molecule has 0 aliphatic carbocycles. The minimum Gasteiger partial charge on any atom is -0.361 e. The van der Waals surface area contributed by atoms with Crippen molar-refractivity contribution in [2.75, 3.05) is 5.32 Å². The molecule has 4 nitrogen and oxygen atoms in total. The lowest BCUT2D eigenvalue weighted by Crippen LogP contribution is -2.23. The van der Waals surface area contributed by atoms with Crippen molar-refractivity contribution in [3.05, 3.63) is 65.9 Å². The molecule has 0 aliphatic rings. The van der Waals surface area contributed by atoms with Gasteiger partial charge in [-0.2, -0.15) is 5.10 Å². The Hall–Kier alpha value is -2.66. The molecular weight excluding hydrogens is 292 g/mol. The molecule has 0 bridgehead atoms. The maximum atomic E-state index is 5.23. The first-order chi connectivity index (χ1) is 10.7. The highest BCUT2D eigenvalue weighted by Gasteiger charge is 2.00. The molecule has 22 heavy (non-hydrogen) atoms. The Kier molecular flexibility index (Phi) is 4.16. The Bertz CT molecular complexity index is 835. The van der Waals surface area contributed by atoms with Crippen LogP contribution in [0.25, 0.3) is 10.9 Å². The quantitative estimate of drug-likeness (QED) is 0.392. The summed E-state index contributed by atoms with van der Waals surface area (Å²) in [7, 11) is 0. The van der Waals surface area contributed by atoms with E-state index >= 15 is 0 Å². The van der Waals surface area contributed by atoms with Gasteiger partial charge in [0.1, 0.15) is 0 Å². The fraction of sp³-hybridized carbons (Fsp3) is 0.0588. The number of nitrogens with zero attached hydrogens (tertiary/aromatic N) is 1. The van der Waals surface area contributed by atoms with Gasteiger partial charge in [0.2, 0.25) is 0 Å². The van der Waals surface area contributed by atoms with Crippen molar-refractivity contribution in [1.29, 1.82) is 0 Å². The first-order valence-corrected chi connectivity index (χ1v) is 7.36. The summed E-state index contributed by atoms with van der Waals surface area (Å²) in [5, 5.41) is 8.87. The number of hydrazone groups is 1. The predicted molar refractivity (Wildman–Crippen MR) is 96.4 cm³/mol. The Balaban J connectivity index is 1.63. The molecular formula is C17H16N4S. The summed E-state index contributed by atoms with van der Waals surface area (Å²) in [5.74, 6) is 0. The number of benzene rings is 2. The Morgan fingerprint density at radius 1 is 1.18 bits per heavy atom. The van der Waals surface area contributed by atoms with Gasteiger partial charge < -0.3 is 10.3 Å². The Labute approximate surface area is 134 Å². The first-order valence-electron chi connectivity index (χ1n) is 6.95. The lowest BCUT2D eigenvalue weighted by molar-refractivity contribution is 1.05. The topological polar surface area (TPSA) is 52.2 Å². The van der Waals surface area contributed by atoms with E-state index in [4.69, 9.17) is 12.2 Å². The highest BCUT2D eigenvalue weighted by molar-refractivity contribution is 7.80.